The van der Waals surface area contributed by atoms with Crippen molar-refractivity contribution in [3.8, 4) is 5.75 Å². The summed E-state index contributed by atoms with van der Waals surface area (Å²) < 4.78 is 23.6. The quantitative estimate of drug-likeness (QED) is 0.695. The molecule has 0 spiro atoms. The minimum atomic E-state index is -0.515. The third-order valence-electron chi connectivity index (χ3n) is 3.49. The first kappa shape index (κ1) is 18.7. The van der Waals surface area contributed by atoms with Crippen molar-refractivity contribution in [3.05, 3.63) is 29.0 Å². The Morgan fingerprint density at radius 1 is 1.36 bits per heavy atom. The summed E-state index contributed by atoms with van der Waals surface area (Å²) in [5.41, 5.74) is 0. The predicted octanol–water partition coefficient (Wildman–Crippen LogP) is 3.52. The standard InChI is InChI=1S/C16H23ClFNO3/c1-4-12(5-2)19(8-9-21-3)16(20)11-22-13-6-7-15(18)14(17)10-13/h6-7,10,12H,4-5,8-9,11H2,1-3H3. The van der Waals surface area contributed by atoms with E-state index in [4.69, 9.17) is 21.1 Å². The van der Waals surface area contributed by atoms with Crippen LogP contribution >= 0.6 is 11.6 Å². The molecule has 0 fully saturated rings. The second kappa shape index (κ2) is 9.64. The monoisotopic (exact) mass is 331 g/mol. The van der Waals surface area contributed by atoms with Gasteiger partial charge in [0, 0.05) is 25.8 Å². The maximum absolute atomic E-state index is 13.1. The van der Waals surface area contributed by atoms with Gasteiger partial charge in [0.05, 0.1) is 11.6 Å². The first-order chi connectivity index (χ1) is 10.5. The highest BCUT2D eigenvalue weighted by atomic mass is 35.5. The summed E-state index contributed by atoms with van der Waals surface area (Å²) in [5.74, 6) is -0.263. The molecule has 0 saturated heterocycles. The Kier molecular flexibility index (Phi) is 8.20. The van der Waals surface area contributed by atoms with E-state index in [9.17, 15) is 9.18 Å². The van der Waals surface area contributed by atoms with Crippen molar-refractivity contribution in [2.45, 2.75) is 32.7 Å². The fourth-order valence-electron chi connectivity index (χ4n) is 2.22. The van der Waals surface area contributed by atoms with Crippen molar-refractivity contribution in [2.24, 2.45) is 0 Å². The third-order valence-corrected chi connectivity index (χ3v) is 3.78. The molecule has 0 aliphatic carbocycles. The van der Waals surface area contributed by atoms with Crippen LogP contribution in [-0.4, -0.2) is 43.7 Å². The molecule has 4 nitrogen and oxygen atoms in total. The SMILES string of the molecule is CCC(CC)N(CCOC)C(=O)COc1ccc(F)c(Cl)c1. The van der Waals surface area contributed by atoms with Gasteiger partial charge in [-0.15, -0.1) is 0 Å². The minimum Gasteiger partial charge on any atom is -0.484 e. The van der Waals surface area contributed by atoms with Crippen molar-refractivity contribution in [2.75, 3.05) is 26.9 Å². The van der Waals surface area contributed by atoms with Gasteiger partial charge in [-0.2, -0.15) is 0 Å². The van der Waals surface area contributed by atoms with E-state index in [1.165, 1.54) is 18.2 Å². The molecule has 6 heteroatoms. The molecule has 1 amide bonds. The summed E-state index contributed by atoms with van der Waals surface area (Å²) in [6, 6.07) is 4.18. The summed E-state index contributed by atoms with van der Waals surface area (Å²) in [7, 11) is 1.60. The van der Waals surface area contributed by atoms with Crippen LogP contribution in [0.3, 0.4) is 0 Å². The average molecular weight is 332 g/mol. The van der Waals surface area contributed by atoms with E-state index >= 15 is 0 Å². The number of nitrogens with zero attached hydrogens (tertiary/aromatic N) is 1. The topological polar surface area (TPSA) is 38.8 Å². The number of halogens is 2. The van der Waals surface area contributed by atoms with Gasteiger partial charge in [-0.25, -0.2) is 4.39 Å². The van der Waals surface area contributed by atoms with Crippen LogP contribution in [0.5, 0.6) is 5.75 Å². The van der Waals surface area contributed by atoms with Gasteiger partial charge in [0.2, 0.25) is 0 Å². The number of ether oxygens (including phenoxy) is 2. The largest absolute Gasteiger partial charge is 0.484 e. The Morgan fingerprint density at radius 3 is 2.59 bits per heavy atom. The molecule has 0 radical (unpaired) electrons. The van der Waals surface area contributed by atoms with E-state index in [1.54, 1.807) is 12.0 Å². The predicted molar refractivity (Wildman–Crippen MR) is 84.9 cm³/mol. The van der Waals surface area contributed by atoms with Gasteiger partial charge >= 0.3 is 0 Å². The molecule has 1 rings (SSSR count). The number of benzene rings is 1. The van der Waals surface area contributed by atoms with E-state index in [-0.39, 0.29) is 23.6 Å². The van der Waals surface area contributed by atoms with Crippen molar-refractivity contribution in [3.63, 3.8) is 0 Å². The highest BCUT2D eigenvalue weighted by Gasteiger charge is 2.21. The molecule has 0 aliphatic heterocycles. The lowest BCUT2D eigenvalue weighted by Gasteiger charge is -2.30. The number of amides is 1. The summed E-state index contributed by atoms with van der Waals surface area (Å²) >= 11 is 5.69. The van der Waals surface area contributed by atoms with Gasteiger partial charge in [-0.1, -0.05) is 25.4 Å². The van der Waals surface area contributed by atoms with Crippen molar-refractivity contribution in [1.82, 2.24) is 4.90 Å². The van der Waals surface area contributed by atoms with E-state index < -0.39 is 5.82 Å². The molecule has 0 atom stereocenters. The third kappa shape index (κ3) is 5.46. The molecule has 0 aromatic heterocycles. The molecule has 0 saturated carbocycles. The minimum absolute atomic E-state index is 0.0267. The van der Waals surface area contributed by atoms with Crippen molar-refractivity contribution in [1.29, 1.82) is 0 Å². The zero-order valence-corrected chi connectivity index (χ0v) is 14.0. The Bertz CT molecular complexity index is 480. The van der Waals surface area contributed by atoms with Crippen LogP contribution in [0.2, 0.25) is 5.02 Å². The maximum atomic E-state index is 13.1. The van der Waals surface area contributed by atoms with Crippen LogP contribution in [-0.2, 0) is 9.53 Å². The lowest BCUT2D eigenvalue weighted by atomic mass is 10.1. The van der Waals surface area contributed by atoms with Gasteiger partial charge in [0.25, 0.3) is 5.91 Å². The molecule has 0 heterocycles. The van der Waals surface area contributed by atoms with E-state index in [2.05, 4.69) is 0 Å². The molecule has 124 valence electrons. The van der Waals surface area contributed by atoms with Crippen LogP contribution in [0.25, 0.3) is 0 Å². The van der Waals surface area contributed by atoms with Gasteiger partial charge < -0.3 is 14.4 Å². The zero-order valence-electron chi connectivity index (χ0n) is 13.3. The second-order valence-electron chi connectivity index (χ2n) is 4.91. The fraction of sp³-hybridized carbons (Fsp3) is 0.562. The normalized spacial score (nSPS) is 10.8. The molecule has 0 aliphatic rings. The molecule has 22 heavy (non-hydrogen) atoms. The summed E-state index contributed by atoms with van der Waals surface area (Å²) in [6.45, 7) is 4.98. The van der Waals surface area contributed by atoms with Crippen LogP contribution in [0.4, 0.5) is 4.39 Å². The Morgan fingerprint density at radius 2 is 2.05 bits per heavy atom. The summed E-state index contributed by atoms with van der Waals surface area (Å²) in [5, 5.41) is -0.0267. The highest BCUT2D eigenvalue weighted by Crippen LogP contribution is 2.21. The number of rotatable bonds is 9. The zero-order chi connectivity index (χ0) is 16.5. The molecule has 0 N–H and O–H groups in total. The number of hydrogen-bond donors (Lipinski definition) is 0. The van der Waals surface area contributed by atoms with Crippen LogP contribution < -0.4 is 4.74 Å². The fourth-order valence-corrected chi connectivity index (χ4v) is 2.40. The van der Waals surface area contributed by atoms with Crippen LogP contribution in [0.15, 0.2) is 18.2 Å². The number of carbonyl (C=O) groups excluding carboxylic acids is 1. The number of methoxy groups -OCH3 is 1. The number of carbonyl (C=O) groups is 1. The smallest absolute Gasteiger partial charge is 0.260 e. The van der Waals surface area contributed by atoms with E-state index in [1.807, 2.05) is 13.8 Å². The molecule has 1 aromatic rings. The Balaban J connectivity index is 2.67. The van der Waals surface area contributed by atoms with Crippen LogP contribution in [0.1, 0.15) is 26.7 Å². The first-order valence-electron chi connectivity index (χ1n) is 7.39. The highest BCUT2D eigenvalue weighted by molar-refractivity contribution is 6.30. The summed E-state index contributed by atoms with van der Waals surface area (Å²) in [6.07, 6.45) is 1.74. The Hall–Kier alpha value is -1.33. The van der Waals surface area contributed by atoms with E-state index in [0.717, 1.165) is 12.8 Å². The lowest BCUT2D eigenvalue weighted by Crippen LogP contribution is -2.44. The van der Waals surface area contributed by atoms with Gasteiger partial charge in [0.15, 0.2) is 6.61 Å². The average Bonchev–Trinajstić information content (AvgIpc) is 2.52. The molecule has 0 bridgehead atoms. The van der Waals surface area contributed by atoms with Gasteiger partial charge in [-0.05, 0) is 25.0 Å². The van der Waals surface area contributed by atoms with Crippen molar-refractivity contribution < 1.29 is 18.7 Å². The first-order valence-corrected chi connectivity index (χ1v) is 7.77. The molecule has 1 aromatic carbocycles. The van der Waals surface area contributed by atoms with Gasteiger partial charge in [-0.3, -0.25) is 4.79 Å². The lowest BCUT2D eigenvalue weighted by molar-refractivity contribution is -0.136. The van der Waals surface area contributed by atoms with Crippen molar-refractivity contribution >= 4 is 17.5 Å². The number of hydrogen-bond acceptors (Lipinski definition) is 3. The van der Waals surface area contributed by atoms with Gasteiger partial charge in [0.1, 0.15) is 11.6 Å². The molecular formula is C16H23ClFNO3. The molecular weight excluding hydrogens is 309 g/mol. The maximum Gasteiger partial charge on any atom is 0.260 e. The summed E-state index contributed by atoms with van der Waals surface area (Å²) in [4.78, 5) is 14.1. The van der Waals surface area contributed by atoms with E-state index in [0.29, 0.717) is 18.9 Å². The second-order valence-corrected chi connectivity index (χ2v) is 5.32. The van der Waals surface area contributed by atoms with Crippen LogP contribution in [0, 0.1) is 5.82 Å². The Labute approximate surface area is 136 Å². The molecule has 0 unspecified atom stereocenters.